The molecule has 0 saturated carbocycles. The summed E-state index contributed by atoms with van der Waals surface area (Å²) in [5, 5.41) is 6.99. The summed E-state index contributed by atoms with van der Waals surface area (Å²) in [6, 6.07) is 6.50. The van der Waals surface area contributed by atoms with Crippen LogP contribution in [0, 0.1) is 5.92 Å². The predicted octanol–water partition coefficient (Wildman–Crippen LogP) is 3.43. The topological polar surface area (TPSA) is 37.0 Å². The number of nitrogens with one attached hydrogen (secondary N) is 2. The Balaban J connectivity index is 1.66. The molecule has 19 heavy (non-hydrogen) atoms. The Kier molecular flexibility index (Phi) is 4.25. The summed E-state index contributed by atoms with van der Waals surface area (Å²) in [7, 11) is 0. The van der Waals surface area contributed by atoms with Crippen LogP contribution in [0.1, 0.15) is 12.8 Å². The van der Waals surface area contributed by atoms with E-state index in [0.717, 1.165) is 35.4 Å². The zero-order chi connectivity index (χ0) is 13.1. The molecule has 5 heteroatoms. The lowest BCUT2D eigenvalue weighted by molar-refractivity contribution is 0.390. The van der Waals surface area contributed by atoms with Gasteiger partial charge >= 0.3 is 0 Å². The number of hydrogen-bond donors (Lipinski definition) is 2. The van der Waals surface area contributed by atoms with Crippen LogP contribution in [0.25, 0.3) is 10.2 Å². The molecule has 1 aromatic heterocycles. The maximum atomic E-state index is 4.57. The quantitative estimate of drug-likeness (QED) is 0.847. The van der Waals surface area contributed by atoms with Gasteiger partial charge in [-0.05, 0) is 56.3 Å². The molecule has 0 bridgehead atoms. The van der Waals surface area contributed by atoms with Crippen LogP contribution in [0.2, 0.25) is 0 Å². The molecule has 0 radical (unpaired) electrons. The van der Waals surface area contributed by atoms with E-state index in [-0.39, 0.29) is 0 Å². The smallest absolute Gasteiger partial charge is 0.150 e. The highest BCUT2D eigenvalue weighted by Gasteiger charge is 2.12. The molecular weight excluding hydrogens is 274 g/mol. The minimum absolute atomic E-state index is 0.806. The van der Waals surface area contributed by atoms with Crippen molar-refractivity contribution in [3.8, 4) is 0 Å². The van der Waals surface area contributed by atoms with E-state index in [4.69, 9.17) is 0 Å². The van der Waals surface area contributed by atoms with Crippen molar-refractivity contribution in [1.82, 2.24) is 10.3 Å². The van der Waals surface area contributed by atoms with Gasteiger partial charge in [0, 0.05) is 12.2 Å². The van der Waals surface area contributed by atoms with Crippen molar-refractivity contribution in [2.75, 3.05) is 31.2 Å². The van der Waals surface area contributed by atoms with E-state index >= 15 is 0 Å². The van der Waals surface area contributed by atoms with Gasteiger partial charge in [-0.2, -0.15) is 0 Å². The molecule has 2 aromatic rings. The van der Waals surface area contributed by atoms with Crippen LogP contribution >= 0.6 is 23.1 Å². The van der Waals surface area contributed by atoms with Gasteiger partial charge in [-0.1, -0.05) is 11.8 Å². The minimum atomic E-state index is 0.806. The second kappa shape index (κ2) is 6.11. The molecule has 1 aromatic carbocycles. The highest BCUT2D eigenvalue weighted by atomic mass is 32.2. The van der Waals surface area contributed by atoms with Crippen molar-refractivity contribution < 1.29 is 0 Å². The summed E-state index contributed by atoms with van der Waals surface area (Å²) in [4.78, 5) is 4.57. The monoisotopic (exact) mass is 293 g/mol. The predicted molar refractivity (Wildman–Crippen MR) is 85.5 cm³/mol. The molecule has 0 amide bonds. The Bertz CT molecular complexity index is 547. The Morgan fingerprint density at radius 2 is 2.26 bits per heavy atom. The average Bonchev–Trinajstić information content (AvgIpc) is 2.88. The first-order chi connectivity index (χ1) is 9.35. The van der Waals surface area contributed by atoms with Gasteiger partial charge in [0.1, 0.15) is 0 Å². The molecule has 1 saturated heterocycles. The first-order valence-electron chi connectivity index (χ1n) is 6.74. The lowest BCUT2D eigenvalue weighted by Gasteiger charge is -2.23. The summed E-state index contributed by atoms with van der Waals surface area (Å²) in [6.45, 7) is 3.41. The van der Waals surface area contributed by atoms with Crippen LogP contribution in [0.3, 0.4) is 0 Å². The molecule has 0 atom stereocenters. The van der Waals surface area contributed by atoms with Crippen LogP contribution in [0.15, 0.2) is 22.5 Å². The Hall–Kier alpha value is -0.780. The van der Waals surface area contributed by atoms with Crippen LogP contribution < -0.4 is 10.6 Å². The van der Waals surface area contributed by atoms with Crippen LogP contribution in [0.5, 0.6) is 0 Å². The van der Waals surface area contributed by atoms with Gasteiger partial charge in [0.15, 0.2) is 4.34 Å². The van der Waals surface area contributed by atoms with E-state index in [2.05, 4.69) is 40.1 Å². The molecule has 3 nitrogen and oxygen atoms in total. The summed E-state index contributed by atoms with van der Waals surface area (Å²) in [5.41, 5.74) is 2.34. The lowest BCUT2D eigenvalue weighted by atomic mass is 9.98. The third-order valence-electron chi connectivity index (χ3n) is 3.60. The first-order valence-corrected chi connectivity index (χ1v) is 8.78. The summed E-state index contributed by atoms with van der Waals surface area (Å²) >= 11 is 3.49. The second-order valence-corrected chi connectivity index (χ2v) is 7.02. The molecule has 1 aliphatic rings. The normalized spacial score (nSPS) is 16.9. The SMILES string of the molecule is CSc1nc2ccc(NCC3CCNCC3)cc2s1. The van der Waals surface area contributed by atoms with Gasteiger partial charge in [-0.3, -0.25) is 0 Å². The Morgan fingerprint density at radius 1 is 1.42 bits per heavy atom. The number of fused-ring (bicyclic) bond motifs is 1. The molecular formula is C14H19N3S2. The first kappa shape index (κ1) is 13.2. The van der Waals surface area contributed by atoms with E-state index in [1.807, 2.05) is 0 Å². The van der Waals surface area contributed by atoms with Gasteiger partial charge in [0.25, 0.3) is 0 Å². The van der Waals surface area contributed by atoms with Crippen molar-refractivity contribution in [2.45, 2.75) is 17.2 Å². The molecule has 0 unspecified atom stereocenters. The van der Waals surface area contributed by atoms with E-state index in [1.54, 1.807) is 23.1 Å². The average molecular weight is 293 g/mol. The molecule has 1 fully saturated rings. The molecule has 0 spiro atoms. The molecule has 1 aliphatic heterocycles. The third-order valence-corrected chi connectivity index (χ3v) is 5.60. The van der Waals surface area contributed by atoms with Crippen LogP contribution in [0.4, 0.5) is 5.69 Å². The summed E-state index contributed by atoms with van der Waals surface area (Å²) < 4.78 is 2.42. The van der Waals surface area contributed by atoms with Gasteiger partial charge in [-0.15, -0.1) is 11.3 Å². The maximum Gasteiger partial charge on any atom is 0.150 e. The number of anilines is 1. The van der Waals surface area contributed by atoms with Gasteiger partial charge < -0.3 is 10.6 Å². The molecule has 102 valence electrons. The number of piperidine rings is 1. The van der Waals surface area contributed by atoms with E-state index in [1.165, 1.54) is 23.2 Å². The van der Waals surface area contributed by atoms with Crippen molar-refractivity contribution in [3.05, 3.63) is 18.2 Å². The number of benzene rings is 1. The zero-order valence-corrected chi connectivity index (χ0v) is 12.7. The van der Waals surface area contributed by atoms with Crippen molar-refractivity contribution >= 4 is 39.0 Å². The number of rotatable bonds is 4. The van der Waals surface area contributed by atoms with E-state index < -0.39 is 0 Å². The fourth-order valence-electron chi connectivity index (χ4n) is 2.45. The minimum Gasteiger partial charge on any atom is -0.385 e. The molecule has 3 rings (SSSR count). The van der Waals surface area contributed by atoms with Gasteiger partial charge in [0.05, 0.1) is 10.2 Å². The largest absolute Gasteiger partial charge is 0.385 e. The summed E-state index contributed by atoms with van der Waals surface area (Å²) in [6.07, 6.45) is 4.65. The maximum absolute atomic E-state index is 4.57. The Morgan fingerprint density at radius 3 is 3.05 bits per heavy atom. The van der Waals surface area contributed by atoms with Crippen molar-refractivity contribution in [1.29, 1.82) is 0 Å². The highest BCUT2D eigenvalue weighted by molar-refractivity contribution is 8.00. The van der Waals surface area contributed by atoms with Crippen LogP contribution in [-0.4, -0.2) is 30.9 Å². The fourth-order valence-corrected chi connectivity index (χ4v) is 3.98. The zero-order valence-electron chi connectivity index (χ0n) is 11.1. The standard InChI is InChI=1S/C14H19N3S2/c1-18-14-17-12-3-2-11(8-13(12)19-14)16-9-10-4-6-15-7-5-10/h2-3,8,10,15-16H,4-7,9H2,1H3. The van der Waals surface area contributed by atoms with Crippen molar-refractivity contribution in [3.63, 3.8) is 0 Å². The third kappa shape index (κ3) is 3.22. The van der Waals surface area contributed by atoms with Gasteiger partial charge in [0.2, 0.25) is 0 Å². The number of aromatic nitrogens is 1. The lowest BCUT2D eigenvalue weighted by Crippen LogP contribution is -2.31. The molecule has 2 N–H and O–H groups in total. The number of nitrogens with zero attached hydrogens (tertiary/aromatic N) is 1. The number of hydrogen-bond acceptors (Lipinski definition) is 5. The van der Waals surface area contributed by atoms with E-state index in [9.17, 15) is 0 Å². The Labute approximate surface area is 122 Å². The fraction of sp³-hybridized carbons (Fsp3) is 0.500. The van der Waals surface area contributed by atoms with Crippen molar-refractivity contribution in [2.24, 2.45) is 5.92 Å². The molecule has 0 aliphatic carbocycles. The number of thioether (sulfide) groups is 1. The second-order valence-electron chi connectivity index (χ2n) is 4.94. The van der Waals surface area contributed by atoms with Crippen LogP contribution in [-0.2, 0) is 0 Å². The van der Waals surface area contributed by atoms with Gasteiger partial charge in [-0.25, -0.2) is 4.98 Å². The molecule has 2 heterocycles. The highest BCUT2D eigenvalue weighted by Crippen LogP contribution is 2.30. The summed E-state index contributed by atoms with van der Waals surface area (Å²) in [5.74, 6) is 0.806. The van der Waals surface area contributed by atoms with E-state index in [0.29, 0.717) is 0 Å². The number of thiazole rings is 1.